The molecule has 3 aromatic carbocycles. The molecule has 0 spiro atoms. The molecule has 1 aliphatic rings. The molecule has 8 nitrogen and oxygen atoms in total. The number of nitrogens with zero attached hydrogens (tertiary/aromatic N) is 1. The molecule has 0 bridgehead atoms. The third-order valence-corrected chi connectivity index (χ3v) is 13.2. The number of ether oxygens (including phenoxy) is 2. The number of hydrogen-bond acceptors (Lipinski definition) is 6. The fourth-order valence-corrected chi connectivity index (χ4v) is 10.5. The minimum atomic E-state index is -2.91. The number of carbonyl (C=O) groups excluding carboxylic acids is 1. The van der Waals surface area contributed by atoms with Crippen LogP contribution < -0.4 is 15.1 Å². The highest BCUT2D eigenvalue weighted by atomic mass is 35.5. The molecule has 1 fully saturated rings. The molecule has 41 heavy (non-hydrogen) atoms. The lowest BCUT2D eigenvalue weighted by molar-refractivity contribution is 0.0589. The molecule has 1 saturated heterocycles. The van der Waals surface area contributed by atoms with E-state index in [9.17, 15) is 19.8 Å². The molecule has 10 heteroatoms. The van der Waals surface area contributed by atoms with E-state index in [1.807, 2.05) is 36.4 Å². The number of benzene rings is 3. The van der Waals surface area contributed by atoms with Gasteiger partial charge in [0, 0.05) is 6.54 Å². The highest BCUT2D eigenvalue weighted by molar-refractivity contribution is 6.99. The van der Waals surface area contributed by atoms with E-state index in [0.717, 1.165) is 10.4 Å². The molecule has 218 valence electrons. The zero-order valence-electron chi connectivity index (χ0n) is 23.9. The first-order valence-electron chi connectivity index (χ1n) is 13.4. The number of hydrogen-bond donors (Lipinski definition) is 2. The number of esters is 1. The van der Waals surface area contributed by atoms with Gasteiger partial charge < -0.3 is 24.1 Å². The summed E-state index contributed by atoms with van der Waals surface area (Å²) in [6, 6.07) is 21.3. The van der Waals surface area contributed by atoms with Crippen LogP contribution in [0.2, 0.25) is 10.1 Å². The summed E-state index contributed by atoms with van der Waals surface area (Å²) < 4.78 is 18.0. The maximum atomic E-state index is 12.4. The van der Waals surface area contributed by atoms with Gasteiger partial charge in [-0.3, -0.25) is 4.90 Å². The number of carboxylic acid groups (broad SMARTS) is 1. The van der Waals surface area contributed by atoms with Crippen molar-refractivity contribution in [3.05, 3.63) is 82.9 Å². The van der Waals surface area contributed by atoms with Gasteiger partial charge in [0.2, 0.25) is 0 Å². The van der Waals surface area contributed by atoms with E-state index >= 15 is 0 Å². The Bertz CT molecular complexity index is 1360. The van der Waals surface area contributed by atoms with Gasteiger partial charge >= 0.3 is 12.1 Å². The average Bonchev–Trinajstić information content (AvgIpc) is 3.36. The second-order valence-electron chi connectivity index (χ2n) is 11.3. The van der Waals surface area contributed by atoms with Gasteiger partial charge in [-0.1, -0.05) is 93.0 Å². The zero-order valence-corrected chi connectivity index (χ0v) is 25.6. The number of aromatic hydroxyl groups is 1. The average molecular weight is 598 g/mol. The van der Waals surface area contributed by atoms with Crippen LogP contribution in [0.1, 0.15) is 43.1 Å². The topological polar surface area (TPSA) is 106 Å². The Balaban J connectivity index is 1.67. The van der Waals surface area contributed by atoms with Gasteiger partial charge in [0.05, 0.1) is 24.3 Å². The minimum Gasteiger partial charge on any atom is -0.505 e. The van der Waals surface area contributed by atoms with Crippen LogP contribution in [0.25, 0.3) is 0 Å². The Morgan fingerprint density at radius 1 is 1.05 bits per heavy atom. The largest absolute Gasteiger partial charge is 0.505 e. The molecule has 0 aromatic heterocycles. The zero-order chi connectivity index (χ0) is 29.9. The Morgan fingerprint density at radius 2 is 1.61 bits per heavy atom. The van der Waals surface area contributed by atoms with Crippen LogP contribution in [-0.2, 0) is 9.16 Å². The van der Waals surface area contributed by atoms with Crippen molar-refractivity contribution in [2.45, 2.75) is 51.3 Å². The van der Waals surface area contributed by atoms with Crippen molar-refractivity contribution in [2.24, 2.45) is 0 Å². The Morgan fingerprint density at radius 3 is 2.10 bits per heavy atom. The fraction of sp³-hybridized carbons (Fsp3) is 0.355. The van der Waals surface area contributed by atoms with Crippen LogP contribution in [0.3, 0.4) is 0 Å². The lowest BCUT2D eigenvalue weighted by atomic mass is 10.1. The van der Waals surface area contributed by atoms with Crippen molar-refractivity contribution in [2.75, 3.05) is 20.3 Å². The summed E-state index contributed by atoms with van der Waals surface area (Å²) in [7, 11) is -1.72. The normalized spacial score (nSPS) is 17.4. The summed E-state index contributed by atoms with van der Waals surface area (Å²) in [4.78, 5) is 26.1. The number of likely N-dealkylation sites (tertiary alicyclic amines) is 1. The van der Waals surface area contributed by atoms with Gasteiger partial charge in [0.1, 0.15) is 17.9 Å². The molecule has 2 atom stereocenters. The molecule has 1 aliphatic heterocycles. The molecule has 0 radical (unpaired) electrons. The van der Waals surface area contributed by atoms with Crippen LogP contribution in [0.4, 0.5) is 4.79 Å². The van der Waals surface area contributed by atoms with Crippen molar-refractivity contribution >= 4 is 42.4 Å². The molecule has 0 aliphatic carbocycles. The predicted octanol–water partition coefficient (Wildman–Crippen LogP) is 5.22. The molecule has 2 N–H and O–H groups in total. The van der Waals surface area contributed by atoms with E-state index in [4.69, 9.17) is 25.5 Å². The number of phenolic OH excluding ortho intramolecular Hbond substituents is 1. The lowest BCUT2D eigenvalue weighted by Gasteiger charge is -2.44. The first-order chi connectivity index (χ1) is 19.4. The second-order valence-corrected chi connectivity index (χ2v) is 15.9. The number of methoxy groups -OCH3 is 1. The van der Waals surface area contributed by atoms with Crippen LogP contribution >= 0.6 is 11.6 Å². The number of carbonyl (C=O) groups is 2. The summed E-state index contributed by atoms with van der Waals surface area (Å²) in [6.45, 7) is 8.30. The maximum Gasteiger partial charge on any atom is 0.407 e. The SMILES string of the molecule is COC(=O)c1c(OC[C@H]2C[C@@H](O[Si](c3ccccc3)(c3ccccc3)C(C)(C)C)CN2C(=O)O)cc(C)c(Cl)c1O. The summed E-state index contributed by atoms with van der Waals surface area (Å²) >= 11 is 6.15. The van der Waals surface area contributed by atoms with Gasteiger partial charge in [-0.15, -0.1) is 0 Å². The molecule has 4 rings (SSSR count). The van der Waals surface area contributed by atoms with Crippen molar-refractivity contribution in [3.63, 3.8) is 0 Å². The number of rotatable bonds is 8. The fourth-order valence-electron chi connectivity index (χ4n) is 5.64. The number of phenols is 1. The lowest BCUT2D eigenvalue weighted by Crippen LogP contribution is -2.67. The number of halogens is 1. The summed E-state index contributed by atoms with van der Waals surface area (Å²) in [5.74, 6) is -1.19. The summed E-state index contributed by atoms with van der Waals surface area (Å²) in [5, 5.41) is 22.6. The smallest absolute Gasteiger partial charge is 0.407 e. The van der Waals surface area contributed by atoms with E-state index in [2.05, 4.69) is 45.0 Å². The summed E-state index contributed by atoms with van der Waals surface area (Å²) in [6.07, 6.45) is -1.09. The molecule has 1 amide bonds. The Kier molecular flexibility index (Phi) is 9.01. The molecule has 1 heterocycles. The monoisotopic (exact) mass is 597 g/mol. The Hall–Kier alpha value is -3.53. The summed E-state index contributed by atoms with van der Waals surface area (Å²) in [5.41, 5.74) is 0.296. The van der Waals surface area contributed by atoms with E-state index in [0.29, 0.717) is 12.0 Å². The van der Waals surface area contributed by atoms with Crippen molar-refractivity contribution < 1.29 is 33.7 Å². The van der Waals surface area contributed by atoms with Crippen LogP contribution in [0, 0.1) is 6.92 Å². The van der Waals surface area contributed by atoms with Crippen molar-refractivity contribution in [3.8, 4) is 11.5 Å². The number of aryl methyl sites for hydroxylation is 1. The number of amides is 1. The van der Waals surface area contributed by atoms with Crippen LogP contribution in [-0.4, -0.2) is 67.9 Å². The molecular formula is C31H36ClNO7Si. The van der Waals surface area contributed by atoms with Gasteiger partial charge in [0.15, 0.2) is 5.75 Å². The molecule has 0 saturated carbocycles. The molecule has 0 unspecified atom stereocenters. The Labute approximate surface area is 246 Å². The van der Waals surface area contributed by atoms with Crippen LogP contribution in [0.15, 0.2) is 66.7 Å². The third-order valence-electron chi connectivity index (χ3n) is 7.59. The van der Waals surface area contributed by atoms with Gasteiger partial charge in [-0.25, -0.2) is 9.59 Å². The quantitative estimate of drug-likeness (QED) is 0.271. The predicted molar refractivity (Wildman–Crippen MR) is 160 cm³/mol. The second kappa shape index (κ2) is 12.1. The minimum absolute atomic E-state index is 0.0181. The van der Waals surface area contributed by atoms with E-state index in [1.165, 1.54) is 18.1 Å². The third kappa shape index (κ3) is 5.93. The first kappa shape index (κ1) is 30.4. The van der Waals surface area contributed by atoms with Gasteiger partial charge in [-0.05, 0) is 40.4 Å². The highest BCUT2D eigenvalue weighted by Crippen LogP contribution is 2.40. The van der Waals surface area contributed by atoms with E-state index in [1.54, 1.807) is 6.92 Å². The first-order valence-corrected chi connectivity index (χ1v) is 15.7. The standard InChI is InChI=1S/C31H36ClNO7Si/c1-20-16-25(26(29(35)38-5)28(34)27(20)32)39-19-21-17-22(18-33(21)30(36)37)40-41(31(2,3)4,23-12-8-6-9-13-23)24-14-10-7-11-15-24/h6-16,21-22,34H,17-19H2,1-5H3,(H,36,37)/t21-,22-/m1/s1. The highest BCUT2D eigenvalue weighted by Gasteiger charge is 2.53. The van der Waals surface area contributed by atoms with E-state index < -0.39 is 38.3 Å². The molecule has 3 aromatic rings. The van der Waals surface area contributed by atoms with Gasteiger partial charge in [-0.2, -0.15) is 0 Å². The van der Waals surface area contributed by atoms with Crippen molar-refractivity contribution in [1.82, 2.24) is 4.90 Å². The van der Waals surface area contributed by atoms with E-state index in [-0.39, 0.29) is 34.5 Å². The molecular weight excluding hydrogens is 562 g/mol. The van der Waals surface area contributed by atoms with Crippen LogP contribution in [0.5, 0.6) is 11.5 Å². The van der Waals surface area contributed by atoms with Gasteiger partial charge in [0.25, 0.3) is 8.32 Å². The maximum absolute atomic E-state index is 12.4. The van der Waals surface area contributed by atoms with Crippen molar-refractivity contribution in [1.29, 1.82) is 0 Å².